The number of carbonyl (C=O) groups is 1. The van der Waals surface area contributed by atoms with Crippen LogP contribution in [-0.2, 0) is 23.2 Å². The Kier molecular flexibility index (Phi) is 8.46. The number of amides is 1. The number of fused-ring (bicyclic) bond motifs is 1. The number of carbonyl (C=O) groups excluding carboxylic acids is 1. The minimum atomic E-state index is -0.542. The molecule has 35 heavy (non-hydrogen) atoms. The summed E-state index contributed by atoms with van der Waals surface area (Å²) in [5, 5.41) is 6.34. The molecule has 2 atom stereocenters. The van der Waals surface area contributed by atoms with Gasteiger partial charge in [0.25, 0.3) is 0 Å². The number of nitrogens with one attached hydrogen (secondary N) is 2. The number of hydrogen-bond acceptors (Lipinski definition) is 4. The van der Waals surface area contributed by atoms with Crippen molar-refractivity contribution < 1.29 is 13.6 Å². The first-order valence-electron chi connectivity index (χ1n) is 12.5. The zero-order chi connectivity index (χ0) is 25.8. The molecule has 0 saturated carbocycles. The first kappa shape index (κ1) is 27.0. The van der Waals surface area contributed by atoms with Crippen molar-refractivity contribution in [2.75, 3.05) is 11.9 Å². The zero-order valence-corrected chi connectivity index (χ0v) is 21.8. The molecule has 1 aromatic carbocycles. The highest BCUT2D eigenvalue weighted by Crippen LogP contribution is 2.26. The Labute approximate surface area is 207 Å². The summed E-state index contributed by atoms with van der Waals surface area (Å²) in [4.78, 5) is 22.1. The van der Waals surface area contributed by atoms with Crippen LogP contribution in [0.25, 0.3) is 0 Å². The molecule has 1 aliphatic rings. The van der Waals surface area contributed by atoms with E-state index in [0.717, 1.165) is 24.5 Å². The second-order valence-electron chi connectivity index (χ2n) is 11.3. The van der Waals surface area contributed by atoms with Crippen LogP contribution in [0.1, 0.15) is 71.9 Å². The molecule has 2 aromatic rings. The third kappa shape index (κ3) is 7.43. The predicted molar refractivity (Wildman–Crippen MR) is 137 cm³/mol. The van der Waals surface area contributed by atoms with E-state index >= 15 is 0 Å². The summed E-state index contributed by atoms with van der Waals surface area (Å²) in [6.07, 6.45) is 8.71. The maximum Gasteiger partial charge on any atom is 0.242 e. The SMILES string of the molecule is CCC[C@H](N[C@H]1CCc2cc(F)cc(F)c2C1)C(=O)Nc1cn(C(C)(C)CN=CC(C)(C)C)cn1. The lowest BCUT2D eigenvalue weighted by molar-refractivity contribution is -0.118. The van der Waals surface area contributed by atoms with Crippen molar-refractivity contribution in [3.05, 3.63) is 47.4 Å². The highest BCUT2D eigenvalue weighted by Gasteiger charge is 2.28. The van der Waals surface area contributed by atoms with Crippen LogP contribution in [0.15, 0.2) is 29.6 Å². The summed E-state index contributed by atoms with van der Waals surface area (Å²) in [7, 11) is 0. The minimum Gasteiger partial charge on any atom is -0.328 e. The van der Waals surface area contributed by atoms with E-state index in [-0.39, 0.29) is 22.9 Å². The van der Waals surface area contributed by atoms with Crippen molar-refractivity contribution >= 4 is 17.9 Å². The first-order valence-corrected chi connectivity index (χ1v) is 12.5. The van der Waals surface area contributed by atoms with Crippen molar-refractivity contribution in [3.63, 3.8) is 0 Å². The maximum absolute atomic E-state index is 14.3. The Morgan fingerprint density at radius 1 is 1.29 bits per heavy atom. The number of imidazole rings is 1. The topological polar surface area (TPSA) is 71.3 Å². The molecular weight excluding hydrogens is 448 g/mol. The molecule has 192 valence electrons. The van der Waals surface area contributed by atoms with Gasteiger partial charge in [0.2, 0.25) is 5.91 Å². The lowest BCUT2D eigenvalue weighted by Crippen LogP contribution is -2.48. The van der Waals surface area contributed by atoms with Crippen molar-refractivity contribution in [2.45, 2.75) is 91.3 Å². The fourth-order valence-corrected chi connectivity index (χ4v) is 4.35. The molecule has 2 N–H and O–H groups in total. The van der Waals surface area contributed by atoms with Gasteiger partial charge in [0.05, 0.1) is 24.5 Å². The van der Waals surface area contributed by atoms with Gasteiger partial charge in [0, 0.05) is 24.5 Å². The fraction of sp³-hybridized carbons (Fsp3) is 0.593. The van der Waals surface area contributed by atoms with Gasteiger partial charge in [0.15, 0.2) is 5.82 Å². The maximum atomic E-state index is 14.3. The number of benzene rings is 1. The standard InChI is InChI=1S/C27H39F2N5O/c1-7-8-23(32-20-10-9-18-11-19(28)12-22(29)21(18)13-20)25(35)33-24-14-34(17-31-24)27(5,6)16-30-15-26(2,3)4/h11-12,14-15,17,20,23,32H,7-10,13,16H2,1-6H3,(H,33,35)/t20-,23-/m0/s1. The lowest BCUT2D eigenvalue weighted by Gasteiger charge is -2.29. The van der Waals surface area contributed by atoms with Crippen LogP contribution in [-0.4, -0.2) is 40.3 Å². The highest BCUT2D eigenvalue weighted by atomic mass is 19.1. The van der Waals surface area contributed by atoms with Crippen molar-refractivity contribution in [1.82, 2.24) is 14.9 Å². The molecule has 1 amide bonds. The number of aliphatic imine (C=N–C) groups is 1. The van der Waals surface area contributed by atoms with E-state index in [1.165, 1.54) is 6.07 Å². The van der Waals surface area contributed by atoms with E-state index < -0.39 is 17.7 Å². The van der Waals surface area contributed by atoms with Gasteiger partial charge in [0.1, 0.15) is 11.6 Å². The second-order valence-corrected chi connectivity index (χ2v) is 11.3. The molecule has 0 bridgehead atoms. The Hall–Kier alpha value is -2.61. The van der Waals surface area contributed by atoms with Gasteiger partial charge >= 0.3 is 0 Å². The molecule has 3 rings (SSSR count). The summed E-state index contributed by atoms with van der Waals surface area (Å²) in [5.41, 5.74) is 0.990. The lowest BCUT2D eigenvalue weighted by atomic mass is 9.87. The van der Waals surface area contributed by atoms with E-state index in [9.17, 15) is 13.6 Å². The van der Waals surface area contributed by atoms with E-state index in [0.29, 0.717) is 37.2 Å². The number of halogens is 2. The smallest absolute Gasteiger partial charge is 0.242 e. The number of anilines is 1. The molecule has 1 aromatic heterocycles. The largest absolute Gasteiger partial charge is 0.328 e. The Bertz CT molecular complexity index is 1050. The third-order valence-corrected chi connectivity index (χ3v) is 6.29. The van der Waals surface area contributed by atoms with Crippen LogP contribution in [0, 0.1) is 17.0 Å². The van der Waals surface area contributed by atoms with Crippen LogP contribution < -0.4 is 10.6 Å². The van der Waals surface area contributed by atoms with Gasteiger partial charge in [-0.15, -0.1) is 0 Å². The summed E-state index contributed by atoms with van der Waals surface area (Å²) >= 11 is 0. The summed E-state index contributed by atoms with van der Waals surface area (Å²) in [6, 6.07) is 1.87. The van der Waals surface area contributed by atoms with Crippen LogP contribution in [0.2, 0.25) is 0 Å². The second kappa shape index (κ2) is 11.0. The van der Waals surface area contributed by atoms with Crippen molar-refractivity contribution in [3.8, 4) is 0 Å². The summed E-state index contributed by atoms with van der Waals surface area (Å²) in [5.74, 6) is -0.727. The highest BCUT2D eigenvalue weighted by molar-refractivity contribution is 5.94. The van der Waals surface area contributed by atoms with Gasteiger partial charge in [-0.3, -0.25) is 9.79 Å². The molecule has 0 fully saturated rings. The molecule has 0 saturated heterocycles. The number of rotatable bonds is 9. The molecule has 0 radical (unpaired) electrons. The number of hydrogen-bond donors (Lipinski definition) is 2. The van der Waals surface area contributed by atoms with Gasteiger partial charge in [-0.1, -0.05) is 34.1 Å². The van der Waals surface area contributed by atoms with Gasteiger partial charge in [-0.25, -0.2) is 13.8 Å². The molecule has 6 nitrogen and oxygen atoms in total. The average molecular weight is 488 g/mol. The quantitative estimate of drug-likeness (QED) is 0.474. The van der Waals surface area contributed by atoms with Crippen LogP contribution in [0.5, 0.6) is 0 Å². The molecule has 1 heterocycles. The first-order chi connectivity index (χ1) is 16.4. The fourth-order valence-electron chi connectivity index (χ4n) is 4.35. The molecular formula is C27H39F2N5O. The van der Waals surface area contributed by atoms with Gasteiger partial charge < -0.3 is 15.2 Å². The molecule has 0 aliphatic heterocycles. The summed E-state index contributed by atoms with van der Waals surface area (Å²) in [6.45, 7) is 13.1. The van der Waals surface area contributed by atoms with Crippen LogP contribution in [0.3, 0.4) is 0 Å². The monoisotopic (exact) mass is 487 g/mol. The number of aryl methyl sites for hydroxylation is 1. The molecule has 1 aliphatic carbocycles. The Morgan fingerprint density at radius 2 is 2.03 bits per heavy atom. The van der Waals surface area contributed by atoms with Crippen LogP contribution in [0.4, 0.5) is 14.6 Å². The summed E-state index contributed by atoms with van der Waals surface area (Å²) < 4.78 is 29.8. The Morgan fingerprint density at radius 3 is 2.71 bits per heavy atom. The van der Waals surface area contributed by atoms with Crippen LogP contribution >= 0.6 is 0 Å². The molecule has 8 heteroatoms. The molecule has 0 spiro atoms. The normalized spacial score (nSPS) is 17.4. The Balaban J connectivity index is 1.63. The van der Waals surface area contributed by atoms with Crippen molar-refractivity contribution in [2.24, 2.45) is 10.4 Å². The van der Waals surface area contributed by atoms with E-state index in [2.05, 4.69) is 55.2 Å². The number of nitrogens with zero attached hydrogens (tertiary/aromatic N) is 3. The number of aromatic nitrogens is 2. The minimum absolute atomic E-state index is 0.0216. The van der Waals surface area contributed by atoms with E-state index in [1.807, 2.05) is 23.9 Å². The third-order valence-electron chi connectivity index (χ3n) is 6.29. The molecule has 0 unspecified atom stereocenters. The van der Waals surface area contributed by atoms with Crippen molar-refractivity contribution in [1.29, 1.82) is 0 Å². The predicted octanol–water partition coefficient (Wildman–Crippen LogP) is 5.27. The van der Waals surface area contributed by atoms with E-state index in [4.69, 9.17) is 0 Å². The van der Waals surface area contributed by atoms with Gasteiger partial charge in [-0.2, -0.15) is 0 Å². The van der Waals surface area contributed by atoms with Gasteiger partial charge in [-0.05, 0) is 62.1 Å². The average Bonchev–Trinajstić information content (AvgIpc) is 3.22. The zero-order valence-electron chi connectivity index (χ0n) is 21.8. The van der Waals surface area contributed by atoms with E-state index in [1.54, 1.807) is 6.33 Å².